The zero-order chi connectivity index (χ0) is 18.2. The first-order valence-electron chi connectivity index (χ1n) is 9.32. The first-order chi connectivity index (χ1) is 13.3. The molecule has 2 heterocycles. The molecule has 0 saturated carbocycles. The van der Waals surface area contributed by atoms with E-state index in [0.29, 0.717) is 6.61 Å². The molecule has 2 aliphatic heterocycles. The van der Waals surface area contributed by atoms with Crippen LogP contribution in [0.2, 0.25) is 0 Å². The maximum Gasteiger partial charge on any atom is 0.142 e. The molecule has 0 saturated heterocycles. The van der Waals surface area contributed by atoms with Crippen LogP contribution in [0.4, 0.5) is 5.69 Å². The summed E-state index contributed by atoms with van der Waals surface area (Å²) in [5, 5.41) is 13.3. The Labute approximate surface area is 158 Å². The summed E-state index contributed by atoms with van der Waals surface area (Å²) in [4.78, 5) is 0. The number of rotatable bonds is 2. The molecule has 4 nitrogen and oxygen atoms in total. The third-order valence-corrected chi connectivity index (χ3v) is 5.34. The van der Waals surface area contributed by atoms with Gasteiger partial charge < -0.3 is 19.9 Å². The Morgan fingerprint density at radius 1 is 0.889 bits per heavy atom. The Morgan fingerprint density at radius 2 is 1.78 bits per heavy atom. The number of ether oxygens (including phenoxy) is 2. The van der Waals surface area contributed by atoms with E-state index in [-0.39, 0.29) is 17.8 Å². The van der Waals surface area contributed by atoms with Crippen molar-refractivity contribution in [2.75, 3.05) is 18.5 Å². The van der Waals surface area contributed by atoms with Crippen molar-refractivity contribution in [2.24, 2.45) is 0 Å². The lowest BCUT2D eigenvalue weighted by Crippen LogP contribution is -2.25. The van der Waals surface area contributed by atoms with E-state index in [1.54, 1.807) is 12.1 Å². The first kappa shape index (κ1) is 16.1. The molecule has 0 bridgehead atoms. The van der Waals surface area contributed by atoms with Crippen LogP contribution in [0.1, 0.15) is 28.7 Å². The highest BCUT2D eigenvalue weighted by molar-refractivity contribution is 5.60. The molecule has 2 unspecified atom stereocenters. The number of fused-ring (bicyclic) bond motifs is 2. The lowest BCUT2D eigenvalue weighted by atomic mass is 9.82. The molecule has 4 heteroatoms. The predicted molar refractivity (Wildman–Crippen MR) is 105 cm³/mol. The van der Waals surface area contributed by atoms with Gasteiger partial charge in [0.05, 0.1) is 5.69 Å². The first-order valence-corrected chi connectivity index (χ1v) is 9.32. The van der Waals surface area contributed by atoms with Crippen molar-refractivity contribution >= 4 is 5.69 Å². The highest BCUT2D eigenvalue weighted by Gasteiger charge is 2.33. The fourth-order valence-corrected chi connectivity index (χ4v) is 4.01. The van der Waals surface area contributed by atoms with E-state index in [1.165, 1.54) is 5.56 Å². The molecule has 0 radical (unpaired) electrons. The fraction of sp³-hybridized carbons (Fsp3) is 0.217. The maximum absolute atomic E-state index is 9.88. The molecule has 0 amide bonds. The Hall–Kier alpha value is -3.14. The highest BCUT2D eigenvalue weighted by Crippen LogP contribution is 2.46. The molecular formula is C23H21NO3. The van der Waals surface area contributed by atoms with Gasteiger partial charge in [0.15, 0.2) is 0 Å². The molecule has 2 aliphatic rings. The van der Waals surface area contributed by atoms with Gasteiger partial charge in [-0.25, -0.2) is 0 Å². The van der Waals surface area contributed by atoms with Gasteiger partial charge in [0.1, 0.15) is 30.0 Å². The Kier molecular flexibility index (Phi) is 3.89. The predicted octanol–water partition coefficient (Wildman–Crippen LogP) is 4.66. The maximum atomic E-state index is 9.88. The van der Waals surface area contributed by atoms with Crippen LogP contribution >= 0.6 is 0 Å². The van der Waals surface area contributed by atoms with Gasteiger partial charge in [-0.2, -0.15) is 0 Å². The number of aromatic hydroxyl groups is 1. The summed E-state index contributed by atoms with van der Waals surface area (Å²) in [5.74, 6) is 2.07. The number of hydrogen-bond donors (Lipinski definition) is 2. The molecule has 0 spiro atoms. The number of nitrogens with one attached hydrogen (secondary N) is 1. The summed E-state index contributed by atoms with van der Waals surface area (Å²) >= 11 is 0. The van der Waals surface area contributed by atoms with Crippen molar-refractivity contribution in [3.05, 3.63) is 83.4 Å². The molecule has 0 fully saturated rings. The second kappa shape index (κ2) is 6.54. The van der Waals surface area contributed by atoms with E-state index < -0.39 is 0 Å². The van der Waals surface area contributed by atoms with Crippen molar-refractivity contribution in [3.63, 3.8) is 0 Å². The van der Waals surface area contributed by atoms with Crippen LogP contribution in [0.25, 0.3) is 0 Å². The summed E-state index contributed by atoms with van der Waals surface area (Å²) in [7, 11) is 0. The van der Waals surface area contributed by atoms with Gasteiger partial charge in [-0.1, -0.05) is 42.5 Å². The van der Waals surface area contributed by atoms with E-state index in [4.69, 9.17) is 9.47 Å². The third kappa shape index (κ3) is 2.97. The minimum Gasteiger partial charge on any atom is -0.508 e. The van der Waals surface area contributed by atoms with Crippen molar-refractivity contribution in [1.29, 1.82) is 0 Å². The highest BCUT2D eigenvalue weighted by atomic mass is 16.5. The minimum absolute atomic E-state index is 0.129. The average Bonchev–Trinajstić information content (AvgIpc) is 2.73. The summed E-state index contributed by atoms with van der Waals surface area (Å²) in [6, 6.07) is 22.1. The summed E-state index contributed by atoms with van der Waals surface area (Å²) in [5.41, 5.74) is 4.49. The quantitative estimate of drug-likeness (QED) is 0.699. The number of hydrogen-bond acceptors (Lipinski definition) is 4. The molecular weight excluding hydrogens is 338 g/mol. The second-order valence-corrected chi connectivity index (χ2v) is 7.08. The number of benzene rings is 3. The molecule has 3 aromatic rings. The second-order valence-electron chi connectivity index (χ2n) is 7.08. The van der Waals surface area contributed by atoms with Gasteiger partial charge in [0.25, 0.3) is 0 Å². The van der Waals surface area contributed by atoms with Crippen LogP contribution in [0.15, 0.2) is 66.7 Å². The molecule has 3 aromatic carbocycles. The van der Waals surface area contributed by atoms with Gasteiger partial charge >= 0.3 is 0 Å². The topological polar surface area (TPSA) is 50.7 Å². The lowest BCUT2D eigenvalue weighted by Gasteiger charge is -2.35. The summed E-state index contributed by atoms with van der Waals surface area (Å²) in [6.45, 7) is 1.49. The van der Waals surface area contributed by atoms with Crippen LogP contribution in [-0.2, 0) is 6.42 Å². The van der Waals surface area contributed by atoms with Crippen LogP contribution in [0.5, 0.6) is 17.2 Å². The molecule has 5 rings (SSSR count). The monoisotopic (exact) mass is 359 g/mol. The molecule has 0 aromatic heterocycles. The van der Waals surface area contributed by atoms with Gasteiger partial charge in [0.2, 0.25) is 0 Å². The zero-order valence-corrected chi connectivity index (χ0v) is 14.9. The van der Waals surface area contributed by atoms with E-state index in [0.717, 1.165) is 41.3 Å². The average molecular weight is 359 g/mol. The van der Waals surface area contributed by atoms with Gasteiger partial charge in [0, 0.05) is 18.5 Å². The Bertz CT molecular complexity index is 971. The summed E-state index contributed by atoms with van der Waals surface area (Å²) in [6.07, 6.45) is 0.737. The molecule has 136 valence electrons. The number of anilines is 1. The largest absolute Gasteiger partial charge is 0.508 e. The van der Waals surface area contributed by atoms with Crippen LogP contribution < -0.4 is 14.8 Å². The molecule has 0 aliphatic carbocycles. The van der Waals surface area contributed by atoms with E-state index in [2.05, 4.69) is 41.7 Å². The Morgan fingerprint density at radius 3 is 2.67 bits per heavy atom. The summed E-state index contributed by atoms with van der Waals surface area (Å²) < 4.78 is 12.1. The van der Waals surface area contributed by atoms with Gasteiger partial charge in [-0.3, -0.25) is 0 Å². The van der Waals surface area contributed by atoms with E-state index in [9.17, 15) is 5.11 Å². The fourth-order valence-electron chi connectivity index (χ4n) is 4.01. The van der Waals surface area contributed by atoms with Crippen LogP contribution in [-0.4, -0.2) is 18.3 Å². The van der Waals surface area contributed by atoms with Crippen molar-refractivity contribution in [1.82, 2.24) is 0 Å². The van der Waals surface area contributed by atoms with Crippen molar-refractivity contribution in [2.45, 2.75) is 18.4 Å². The molecule has 2 N–H and O–H groups in total. The van der Waals surface area contributed by atoms with Gasteiger partial charge in [-0.05, 0) is 41.3 Å². The lowest BCUT2D eigenvalue weighted by molar-refractivity contribution is 0.151. The number of phenols is 1. The standard InChI is InChI=1S/C23H21NO3/c25-18-8-6-16-12-19(15-4-2-1-3-5-15)23(27-22(16)14-18)17-7-9-21-20(13-17)24-10-11-26-21/h1-9,13-14,19,23-25H,10-12H2. The van der Waals surface area contributed by atoms with Crippen molar-refractivity contribution in [3.8, 4) is 17.2 Å². The van der Waals surface area contributed by atoms with Crippen LogP contribution in [0, 0.1) is 0 Å². The Balaban J connectivity index is 1.58. The van der Waals surface area contributed by atoms with E-state index in [1.807, 2.05) is 18.2 Å². The smallest absolute Gasteiger partial charge is 0.142 e. The minimum atomic E-state index is -0.129. The molecule has 27 heavy (non-hydrogen) atoms. The zero-order valence-electron chi connectivity index (χ0n) is 14.9. The van der Waals surface area contributed by atoms with Crippen LogP contribution in [0.3, 0.4) is 0 Å². The SMILES string of the molecule is Oc1ccc2c(c1)OC(c1ccc3c(c1)NCCO3)C(c1ccccc1)C2. The van der Waals surface area contributed by atoms with E-state index >= 15 is 0 Å². The third-order valence-electron chi connectivity index (χ3n) is 5.34. The molecule has 2 atom stereocenters. The van der Waals surface area contributed by atoms with Crippen molar-refractivity contribution < 1.29 is 14.6 Å². The number of phenolic OH excluding ortho intramolecular Hbond substituents is 1. The normalized spacial score (nSPS) is 20.4. The van der Waals surface area contributed by atoms with Gasteiger partial charge in [-0.15, -0.1) is 0 Å².